The van der Waals surface area contributed by atoms with Crippen LogP contribution in [0.3, 0.4) is 0 Å². The number of anilines is 1. The molecule has 8 heteroatoms. The lowest BCUT2D eigenvalue weighted by Crippen LogP contribution is -2.24. The molecule has 0 aliphatic rings. The molecule has 0 atom stereocenters. The SMILES string of the molecule is C=CCOc1c(Cl)cc(/C=N/NC(=O)Nc2ccc(Br)c(C)c2)cc1OCC. The summed E-state index contributed by atoms with van der Waals surface area (Å²) in [5, 5.41) is 7.03. The van der Waals surface area contributed by atoms with Crippen molar-refractivity contribution in [3.63, 3.8) is 0 Å². The molecule has 6 nitrogen and oxygen atoms in total. The molecule has 2 aromatic carbocycles. The van der Waals surface area contributed by atoms with E-state index in [2.05, 4.69) is 38.4 Å². The zero-order chi connectivity index (χ0) is 20.5. The summed E-state index contributed by atoms with van der Waals surface area (Å²) in [6.45, 7) is 8.18. The lowest BCUT2D eigenvalue weighted by atomic mass is 10.2. The van der Waals surface area contributed by atoms with Crippen LogP contribution in [0.2, 0.25) is 5.02 Å². The second-order valence-electron chi connectivity index (χ2n) is 5.65. The van der Waals surface area contributed by atoms with Gasteiger partial charge in [-0.3, -0.25) is 0 Å². The Bertz CT molecular complexity index is 887. The minimum absolute atomic E-state index is 0.310. The van der Waals surface area contributed by atoms with Crippen molar-refractivity contribution in [2.75, 3.05) is 18.5 Å². The number of carbonyl (C=O) groups is 1. The van der Waals surface area contributed by atoms with Crippen LogP contribution in [0.1, 0.15) is 18.1 Å². The highest BCUT2D eigenvalue weighted by Crippen LogP contribution is 2.36. The number of carbonyl (C=O) groups excluding carboxylic acids is 1. The van der Waals surface area contributed by atoms with E-state index in [1.54, 1.807) is 24.3 Å². The summed E-state index contributed by atoms with van der Waals surface area (Å²) in [6, 6.07) is 8.44. The maximum Gasteiger partial charge on any atom is 0.339 e. The zero-order valence-corrected chi connectivity index (χ0v) is 17.9. The van der Waals surface area contributed by atoms with Gasteiger partial charge in [-0.2, -0.15) is 5.10 Å². The van der Waals surface area contributed by atoms with Gasteiger partial charge in [0.1, 0.15) is 6.61 Å². The summed E-state index contributed by atoms with van der Waals surface area (Å²) in [7, 11) is 0. The largest absolute Gasteiger partial charge is 0.490 e. The van der Waals surface area contributed by atoms with Crippen molar-refractivity contribution in [3.05, 3.63) is 63.6 Å². The van der Waals surface area contributed by atoms with Crippen molar-refractivity contribution in [2.45, 2.75) is 13.8 Å². The summed E-state index contributed by atoms with van der Waals surface area (Å²) < 4.78 is 12.1. The Morgan fingerprint density at radius 2 is 2.11 bits per heavy atom. The maximum atomic E-state index is 12.0. The van der Waals surface area contributed by atoms with Gasteiger partial charge in [0.15, 0.2) is 11.5 Å². The Labute approximate surface area is 177 Å². The lowest BCUT2D eigenvalue weighted by molar-refractivity contribution is 0.252. The van der Waals surface area contributed by atoms with Crippen molar-refractivity contribution in [3.8, 4) is 11.5 Å². The highest BCUT2D eigenvalue weighted by molar-refractivity contribution is 9.10. The Kier molecular flexibility index (Phi) is 8.35. The monoisotopic (exact) mass is 465 g/mol. The van der Waals surface area contributed by atoms with Gasteiger partial charge in [-0.25, -0.2) is 10.2 Å². The van der Waals surface area contributed by atoms with Crippen LogP contribution in [0.4, 0.5) is 10.5 Å². The molecular formula is C20H21BrClN3O3. The summed E-state index contributed by atoms with van der Waals surface area (Å²) >= 11 is 9.70. The minimum Gasteiger partial charge on any atom is -0.490 e. The van der Waals surface area contributed by atoms with Crippen LogP contribution in [0, 0.1) is 6.92 Å². The number of benzene rings is 2. The number of hydrazone groups is 1. The van der Waals surface area contributed by atoms with Gasteiger partial charge in [0.2, 0.25) is 0 Å². The molecule has 0 fully saturated rings. The molecule has 0 bridgehead atoms. The maximum absolute atomic E-state index is 12.0. The van der Waals surface area contributed by atoms with Crippen LogP contribution in [0.5, 0.6) is 11.5 Å². The van der Waals surface area contributed by atoms with Gasteiger partial charge >= 0.3 is 6.03 Å². The van der Waals surface area contributed by atoms with Crippen molar-refractivity contribution in [2.24, 2.45) is 5.10 Å². The third-order valence-electron chi connectivity index (χ3n) is 3.47. The lowest BCUT2D eigenvalue weighted by Gasteiger charge is -2.13. The standard InChI is InChI=1S/C20H21BrClN3O3/c1-4-8-28-19-17(22)10-14(11-18(19)27-5-2)12-23-25-20(26)24-15-6-7-16(21)13(3)9-15/h4,6-7,9-12H,1,5,8H2,2-3H3,(H2,24,25,26)/b23-12+. The quantitative estimate of drug-likeness (QED) is 0.305. The van der Waals surface area contributed by atoms with E-state index in [1.165, 1.54) is 6.21 Å². The molecular weight excluding hydrogens is 446 g/mol. The van der Waals surface area contributed by atoms with Gasteiger partial charge in [-0.1, -0.05) is 40.2 Å². The van der Waals surface area contributed by atoms with E-state index in [0.29, 0.717) is 41.0 Å². The van der Waals surface area contributed by atoms with Crippen LogP contribution < -0.4 is 20.2 Å². The highest BCUT2D eigenvalue weighted by atomic mass is 79.9. The first-order valence-electron chi connectivity index (χ1n) is 8.50. The Hall–Kier alpha value is -2.51. The molecule has 0 heterocycles. The van der Waals surface area contributed by atoms with Gasteiger partial charge in [0.25, 0.3) is 0 Å². The number of hydrogen-bond acceptors (Lipinski definition) is 4. The summed E-state index contributed by atoms with van der Waals surface area (Å²) in [4.78, 5) is 12.0. The first-order valence-corrected chi connectivity index (χ1v) is 9.68. The Balaban J connectivity index is 2.05. The number of urea groups is 1. The van der Waals surface area contributed by atoms with Crippen LogP contribution in [0.15, 0.2) is 52.6 Å². The third kappa shape index (κ3) is 6.28. The third-order valence-corrected chi connectivity index (χ3v) is 4.64. The van der Waals surface area contributed by atoms with Crippen molar-refractivity contribution in [1.82, 2.24) is 5.43 Å². The minimum atomic E-state index is -0.458. The predicted octanol–water partition coefficient (Wildman–Crippen LogP) is 5.53. The van der Waals surface area contributed by atoms with Gasteiger partial charge in [0, 0.05) is 10.2 Å². The molecule has 0 spiro atoms. The van der Waals surface area contributed by atoms with Crippen LogP contribution >= 0.6 is 27.5 Å². The molecule has 0 aliphatic heterocycles. The van der Waals surface area contributed by atoms with Crippen LogP contribution in [-0.4, -0.2) is 25.5 Å². The van der Waals surface area contributed by atoms with Gasteiger partial charge in [-0.05, 0) is 55.3 Å². The highest BCUT2D eigenvalue weighted by Gasteiger charge is 2.12. The fraction of sp³-hybridized carbons (Fsp3) is 0.200. The number of amides is 2. The molecule has 0 unspecified atom stereocenters. The Morgan fingerprint density at radius 3 is 2.79 bits per heavy atom. The van der Waals surface area contributed by atoms with E-state index < -0.39 is 6.03 Å². The molecule has 2 N–H and O–H groups in total. The number of hydrogen-bond donors (Lipinski definition) is 2. The first-order chi connectivity index (χ1) is 13.4. The van der Waals surface area contributed by atoms with Crippen molar-refractivity contribution < 1.29 is 14.3 Å². The van der Waals surface area contributed by atoms with Crippen LogP contribution in [-0.2, 0) is 0 Å². The molecule has 0 saturated carbocycles. The van der Waals surface area contributed by atoms with Gasteiger partial charge in [0.05, 0.1) is 17.8 Å². The summed E-state index contributed by atoms with van der Waals surface area (Å²) in [5.41, 5.74) is 4.74. The number of rotatable bonds is 8. The van der Waals surface area contributed by atoms with Crippen molar-refractivity contribution >= 4 is 45.5 Å². The molecule has 2 rings (SSSR count). The normalized spacial score (nSPS) is 10.6. The number of nitrogens with zero attached hydrogens (tertiary/aromatic N) is 1. The predicted molar refractivity (Wildman–Crippen MR) is 117 cm³/mol. The van der Waals surface area contributed by atoms with Crippen molar-refractivity contribution in [1.29, 1.82) is 0 Å². The number of ether oxygens (including phenoxy) is 2. The summed E-state index contributed by atoms with van der Waals surface area (Å²) in [5.74, 6) is 0.935. The van der Waals surface area contributed by atoms with E-state index in [4.69, 9.17) is 21.1 Å². The smallest absolute Gasteiger partial charge is 0.339 e. The molecule has 0 radical (unpaired) electrons. The second-order valence-corrected chi connectivity index (χ2v) is 6.91. The van der Waals surface area contributed by atoms with E-state index in [-0.39, 0.29) is 0 Å². The van der Waals surface area contributed by atoms with E-state index in [0.717, 1.165) is 10.0 Å². The molecule has 2 amide bonds. The molecule has 0 saturated heterocycles. The second kappa shape index (κ2) is 10.7. The molecule has 0 aliphatic carbocycles. The van der Waals surface area contributed by atoms with Gasteiger partial charge in [-0.15, -0.1) is 0 Å². The zero-order valence-electron chi connectivity index (χ0n) is 15.6. The Morgan fingerprint density at radius 1 is 1.32 bits per heavy atom. The average molecular weight is 467 g/mol. The molecule has 148 valence electrons. The molecule has 28 heavy (non-hydrogen) atoms. The topological polar surface area (TPSA) is 72.0 Å². The fourth-order valence-corrected chi connectivity index (χ4v) is 2.77. The molecule has 0 aromatic heterocycles. The average Bonchev–Trinajstić information content (AvgIpc) is 2.64. The molecule has 2 aromatic rings. The van der Waals surface area contributed by atoms with E-state index in [9.17, 15) is 4.79 Å². The van der Waals surface area contributed by atoms with Crippen LogP contribution in [0.25, 0.3) is 0 Å². The number of halogens is 2. The summed E-state index contributed by atoms with van der Waals surface area (Å²) in [6.07, 6.45) is 3.09. The number of nitrogens with one attached hydrogen (secondary N) is 2. The first kappa shape index (κ1) is 21.8. The van der Waals surface area contributed by atoms with Gasteiger partial charge < -0.3 is 14.8 Å². The number of aryl methyl sites for hydroxylation is 1. The fourth-order valence-electron chi connectivity index (χ4n) is 2.25. The van der Waals surface area contributed by atoms with E-state index >= 15 is 0 Å². The van der Waals surface area contributed by atoms with E-state index in [1.807, 2.05) is 26.0 Å².